The van der Waals surface area contributed by atoms with Crippen LogP contribution in [0.25, 0.3) is 23.0 Å². The number of methoxy groups -OCH3 is 1. The molecule has 0 saturated carbocycles. The van der Waals surface area contributed by atoms with Crippen molar-refractivity contribution in [1.82, 2.24) is 20.3 Å². The molecule has 1 aliphatic heterocycles. The molecule has 8 nitrogen and oxygen atoms in total. The van der Waals surface area contributed by atoms with Gasteiger partial charge in [-0.3, -0.25) is 0 Å². The van der Waals surface area contributed by atoms with E-state index < -0.39 is 0 Å². The highest BCUT2D eigenvalue weighted by atomic mass is 16.5. The summed E-state index contributed by atoms with van der Waals surface area (Å²) in [6, 6.07) is 11.1. The van der Waals surface area contributed by atoms with Crippen molar-refractivity contribution in [3.63, 3.8) is 0 Å². The summed E-state index contributed by atoms with van der Waals surface area (Å²) in [5.41, 5.74) is 1.36. The Balaban J connectivity index is 1.43. The van der Waals surface area contributed by atoms with Gasteiger partial charge in [0.05, 0.1) is 13.2 Å². The Kier molecular flexibility index (Phi) is 4.74. The molecule has 0 bridgehead atoms. The first-order valence-corrected chi connectivity index (χ1v) is 8.49. The van der Waals surface area contributed by atoms with Crippen LogP contribution < -0.4 is 10.1 Å². The van der Waals surface area contributed by atoms with Gasteiger partial charge in [-0.05, 0) is 49.2 Å². The number of anilines is 1. The predicted molar refractivity (Wildman–Crippen MR) is 94.8 cm³/mol. The number of benzene rings is 1. The third-order valence-electron chi connectivity index (χ3n) is 4.19. The van der Waals surface area contributed by atoms with E-state index in [2.05, 4.69) is 25.7 Å². The fourth-order valence-electron chi connectivity index (χ4n) is 2.75. The lowest BCUT2D eigenvalue weighted by Crippen LogP contribution is -2.19. The van der Waals surface area contributed by atoms with Crippen molar-refractivity contribution in [2.75, 3.05) is 25.6 Å². The molecule has 26 heavy (non-hydrogen) atoms. The smallest absolute Gasteiger partial charge is 0.278 e. The van der Waals surface area contributed by atoms with Gasteiger partial charge >= 0.3 is 0 Å². The van der Waals surface area contributed by atoms with Crippen LogP contribution in [0.1, 0.15) is 12.8 Å². The van der Waals surface area contributed by atoms with E-state index in [1.807, 2.05) is 30.3 Å². The lowest BCUT2D eigenvalue weighted by Gasteiger charge is -2.10. The highest BCUT2D eigenvalue weighted by Crippen LogP contribution is 2.23. The van der Waals surface area contributed by atoms with E-state index in [1.165, 1.54) is 0 Å². The molecule has 0 aliphatic carbocycles. The topological polar surface area (TPSA) is 95.2 Å². The summed E-state index contributed by atoms with van der Waals surface area (Å²) >= 11 is 0. The van der Waals surface area contributed by atoms with Crippen LogP contribution in [-0.2, 0) is 4.74 Å². The molecule has 1 saturated heterocycles. The number of hydrogen-bond acceptors (Lipinski definition) is 8. The third kappa shape index (κ3) is 3.65. The second-order valence-corrected chi connectivity index (χ2v) is 5.97. The van der Waals surface area contributed by atoms with Crippen molar-refractivity contribution < 1.29 is 14.0 Å². The molecular weight excluding hydrogens is 334 g/mol. The number of nitrogens with one attached hydrogen (secondary N) is 1. The molecule has 1 atom stereocenters. The summed E-state index contributed by atoms with van der Waals surface area (Å²) in [5.74, 6) is 2.28. The van der Waals surface area contributed by atoms with Gasteiger partial charge in [0.2, 0.25) is 5.82 Å². The average Bonchev–Trinajstić information content (AvgIpc) is 3.39. The third-order valence-corrected chi connectivity index (χ3v) is 4.19. The number of ether oxygens (including phenoxy) is 2. The summed E-state index contributed by atoms with van der Waals surface area (Å²) in [4.78, 5) is 4.38. The molecule has 0 amide bonds. The van der Waals surface area contributed by atoms with Crippen molar-refractivity contribution in [3.8, 4) is 28.7 Å². The molecule has 1 aliphatic rings. The maximum atomic E-state index is 5.58. The van der Waals surface area contributed by atoms with Crippen LogP contribution in [-0.4, -0.2) is 46.7 Å². The van der Waals surface area contributed by atoms with Gasteiger partial charge in [0.15, 0.2) is 5.69 Å². The fraction of sp³-hybridized carbons (Fsp3) is 0.333. The van der Waals surface area contributed by atoms with Crippen LogP contribution in [0.4, 0.5) is 5.82 Å². The van der Waals surface area contributed by atoms with Gasteiger partial charge in [0.1, 0.15) is 11.6 Å². The first-order chi connectivity index (χ1) is 12.8. The van der Waals surface area contributed by atoms with E-state index in [-0.39, 0.29) is 6.10 Å². The molecule has 134 valence electrons. The van der Waals surface area contributed by atoms with Crippen molar-refractivity contribution >= 4 is 5.82 Å². The summed E-state index contributed by atoms with van der Waals surface area (Å²) < 4.78 is 16.0. The molecule has 1 unspecified atom stereocenters. The Morgan fingerprint density at radius 3 is 2.73 bits per heavy atom. The highest BCUT2D eigenvalue weighted by molar-refractivity contribution is 5.59. The van der Waals surface area contributed by atoms with Gasteiger partial charge in [0.25, 0.3) is 5.89 Å². The zero-order valence-corrected chi connectivity index (χ0v) is 14.4. The van der Waals surface area contributed by atoms with Crippen molar-refractivity contribution in [3.05, 3.63) is 36.4 Å². The number of nitrogens with zero attached hydrogens (tertiary/aromatic N) is 4. The molecule has 3 heterocycles. The molecule has 0 radical (unpaired) electrons. The summed E-state index contributed by atoms with van der Waals surface area (Å²) in [6.45, 7) is 1.57. The minimum absolute atomic E-state index is 0.250. The average molecular weight is 353 g/mol. The SMILES string of the molecule is COc1ccc(-c2noc(-c3ccc(NCC4CCCO4)nn3)n2)cc1. The highest BCUT2D eigenvalue weighted by Gasteiger charge is 2.16. The predicted octanol–water partition coefficient (Wildman–Crippen LogP) is 2.79. The van der Waals surface area contributed by atoms with Crippen LogP contribution in [0.3, 0.4) is 0 Å². The van der Waals surface area contributed by atoms with E-state index >= 15 is 0 Å². The number of aromatic nitrogens is 4. The van der Waals surface area contributed by atoms with Gasteiger partial charge < -0.3 is 19.3 Å². The lowest BCUT2D eigenvalue weighted by molar-refractivity contribution is 0.120. The quantitative estimate of drug-likeness (QED) is 0.723. The molecule has 2 aromatic heterocycles. The normalized spacial score (nSPS) is 16.6. The Morgan fingerprint density at radius 2 is 2.04 bits per heavy atom. The van der Waals surface area contributed by atoms with Crippen LogP contribution in [0.5, 0.6) is 5.75 Å². The molecule has 0 spiro atoms. The maximum absolute atomic E-state index is 5.58. The molecule has 3 aromatic rings. The molecular formula is C18H19N5O3. The second kappa shape index (κ2) is 7.49. The van der Waals surface area contributed by atoms with E-state index in [9.17, 15) is 0 Å². The second-order valence-electron chi connectivity index (χ2n) is 5.97. The van der Waals surface area contributed by atoms with Gasteiger partial charge in [0, 0.05) is 18.7 Å². The molecule has 4 rings (SSSR count). The van der Waals surface area contributed by atoms with Crippen LogP contribution >= 0.6 is 0 Å². The van der Waals surface area contributed by atoms with E-state index in [4.69, 9.17) is 14.0 Å². The Bertz CT molecular complexity index is 842. The largest absolute Gasteiger partial charge is 0.497 e. The molecule has 1 fully saturated rings. The van der Waals surface area contributed by atoms with Crippen LogP contribution in [0.2, 0.25) is 0 Å². The number of rotatable bonds is 6. The molecule has 1 N–H and O–H groups in total. The monoisotopic (exact) mass is 353 g/mol. The van der Waals surface area contributed by atoms with Crippen molar-refractivity contribution in [1.29, 1.82) is 0 Å². The van der Waals surface area contributed by atoms with E-state index in [0.29, 0.717) is 23.2 Å². The lowest BCUT2D eigenvalue weighted by atomic mass is 10.2. The van der Waals surface area contributed by atoms with Crippen molar-refractivity contribution in [2.45, 2.75) is 18.9 Å². The zero-order chi connectivity index (χ0) is 17.8. The number of hydrogen-bond donors (Lipinski definition) is 1. The standard InChI is InChI=1S/C18H19N5O3/c1-24-13-6-4-12(5-7-13)17-20-18(26-23-17)15-8-9-16(22-21-15)19-11-14-3-2-10-25-14/h4-9,14H,2-3,10-11H2,1H3,(H,19,22). The molecule has 1 aromatic carbocycles. The van der Waals surface area contributed by atoms with Gasteiger partial charge in [-0.25, -0.2) is 0 Å². The Morgan fingerprint density at radius 1 is 1.15 bits per heavy atom. The molecule has 8 heteroatoms. The van der Waals surface area contributed by atoms with E-state index in [1.54, 1.807) is 13.2 Å². The minimum Gasteiger partial charge on any atom is -0.497 e. The van der Waals surface area contributed by atoms with E-state index in [0.717, 1.165) is 37.3 Å². The van der Waals surface area contributed by atoms with Gasteiger partial charge in [-0.2, -0.15) is 4.98 Å². The zero-order valence-electron chi connectivity index (χ0n) is 14.4. The maximum Gasteiger partial charge on any atom is 0.278 e. The fourth-order valence-corrected chi connectivity index (χ4v) is 2.75. The first kappa shape index (κ1) is 16.5. The first-order valence-electron chi connectivity index (χ1n) is 8.49. The van der Waals surface area contributed by atoms with Crippen molar-refractivity contribution in [2.24, 2.45) is 0 Å². The van der Waals surface area contributed by atoms with Crippen LogP contribution in [0, 0.1) is 0 Å². The Hall–Kier alpha value is -3.00. The summed E-state index contributed by atoms with van der Waals surface area (Å²) in [6.07, 6.45) is 2.44. The summed E-state index contributed by atoms with van der Waals surface area (Å²) in [7, 11) is 1.62. The Labute approximate surface area is 150 Å². The summed E-state index contributed by atoms with van der Waals surface area (Å²) in [5, 5.41) is 15.6. The van der Waals surface area contributed by atoms with Gasteiger partial charge in [-0.1, -0.05) is 5.16 Å². The van der Waals surface area contributed by atoms with Gasteiger partial charge in [-0.15, -0.1) is 10.2 Å². The van der Waals surface area contributed by atoms with Crippen LogP contribution in [0.15, 0.2) is 40.9 Å². The minimum atomic E-state index is 0.250.